The van der Waals surface area contributed by atoms with E-state index >= 15 is 0 Å². The molecule has 0 aliphatic carbocycles. The summed E-state index contributed by atoms with van der Waals surface area (Å²) >= 11 is 3.39. The summed E-state index contributed by atoms with van der Waals surface area (Å²) in [7, 11) is 0. The lowest BCUT2D eigenvalue weighted by atomic mass is 10.6. The molecule has 0 radical (unpaired) electrons. The molecule has 6 heteroatoms. The zero-order valence-corrected chi connectivity index (χ0v) is 10.5. The highest BCUT2D eigenvalue weighted by Crippen LogP contribution is 2.25. The minimum Gasteiger partial charge on any atom is -0.362 e. The Balaban J connectivity index is 1.89. The van der Waals surface area contributed by atoms with E-state index in [9.17, 15) is 0 Å². The fraction of sp³-hybridized carbons (Fsp3) is 0.300. The second kappa shape index (κ2) is 5.81. The zero-order valence-electron chi connectivity index (χ0n) is 8.88. The van der Waals surface area contributed by atoms with Crippen LogP contribution in [0.3, 0.4) is 0 Å². The fourth-order valence-corrected chi connectivity index (χ4v) is 2.85. The SMILES string of the molecule is CCNc1ncc(CSc2ccncn2)s1. The number of thioether (sulfide) groups is 1. The molecule has 0 spiro atoms. The van der Waals surface area contributed by atoms with Crippen LogP contribution < -0.4 is 5.32 Å². The Bertz CT molecular complexity index is 429. The summed E-state index contributed by atoms with van der Waals surface area (Å²) in [4.78, 5) is 13.6. The molecular formula is C10H12N4S2. The van der Waals surface area contributed by atoms with E-state index in [0.29, 0.717) is 0 Å². The first-order valence-corrected chi connectivity index (χ1v) is 6.76. The molecule has 0 bridgehead atoms. The zero-order chi connectivity index (χ0) is 11.2. The number of hydrogen-bond acceptors (Lipinski definition) is 6. The van der Waals surface area contributed by atoms with Crippen molar-refractivity contribution in [2.75, 3.05) is 11.9 Å². The van der Waals surface area contributed by atoms with E-state index in [1.165, 1.54) is 4.88 Å². The number of rotatable bonds is 5. The maximum absolute atomic E-state index is 4.28. The van der Waals surface area contributed by atoms with Crippen molar-refractivity contribution in [3.63, 3.8) is 0 Å². The molecule has 0 saturated heterocycles. The van der Waals surface area contributed by atoms with Gasteiger partial charge in [0, 0.05) is 29.6 Å². The average Bonchev–Trinajstić information content (AvgIpc) is 2.76. The van der Waals surface area contributed by atoms with Crippen molar-refractivity contribution in [2.24, 2.45) is 0 Å². The highest BCUT2D eigenvalue weighted by molar-refractivity contribution is 7.98. The van der Waals surface area contributed by atoms with Crippen LogP contribution in [0, 0.1) is 0 Å². The second-order valence-corrected chi connectivity index (χ2v) is 5.11. The fourth-order valence-electron chi connectivity index (χ4n) is 1.12. The lowest BCUT2D eigenvalue weighted by Gasteiger charge is -1.96. The Morgan fingerprint density at radius 1 is 1.44 bits per heavy atom. The number of anilines is 1. The van der Waals surface area contributed by atoms with Crippen molar-refractivity contribution in [2.45, 2.75) is 17.7 Å². The molecule has 84 valence electrons. The van der Waals surface area contributed by atoms with Crippen molar-refractivity contribution < 1.29 is 0 Å². The molecule has 2 heterocycles. The van der Waals surface area contributed by atoms with E-state index in [1.807, 2.05) is 12.3 Å². The van der Waals surface area contributed by atoms with Gasteiger partial charge in [0.2, 0.25) is 0 Å². The molecule has 0 aliphatic heterocycles. The van der Waals surface area contributed by atoms with Gasteiger partial charge in [0.1, 0.15) is 6.33 Å². The Labute approximate surface area is 103 Å². The van der Waals surface area contributed by atoms with Gasteiger partial charge in [0.25, 0.3) is 0 Å². The topological polar surface area (TPSA) is 50.7 Å². The molecule has 0 aromatic carbocycles. The summed E-state index contributed by atoms with van der Waals surface area (Å²) in [6.45, 7) is 2.97. The van der Waals surface area contributed by atoms with E-state index < -0.39 is 0 Å². The summed E-state index contributed by atoms with van der Waals surface area (Å²) in [6.07, 6.45) is 5.24. The van der Waals surface area contributed by atoms with Crippen LogP contribution in [0.25, 0.3) is 0 Å². The van der Waals surface area contributed by atoms with Crippen LogP contribution in [-0.2, 0) is 5.75 Å². The molecule has 0 amide bonds. The van der Waals surface area contributed by atoms with E-state index in [-0.39, 0.29) is 0 Å². The van der Waals surface area contributed by atoms with Crippen LogP contribution >= 0.6 is 23.1 Å². The number of aromatic nitrogens is 3. The predicted molar refractivity (Wildman–Crippen MR) is 67.9 cm³/mol. The molecule has 0 atom stereocenters. The number of nitrogens with zero attached hydrogens (tertiary/aromatic N) is 3. The van der Waals surface area contributed by atoms with Crippen LogP contribution in [0.2, 0.25) is 0 Å². The molecule has 0 fully saturated rings. The molecule has 4 nitrogen and oxygen atoms in total. The normalized spacial score (nSPS) is 10.3. The van der Waals surface area contributed by atoms with Gasteiger partial charge in [0.15, 0.2) is 5.13 Å². The van der Waals surface area contributed by atoms with Crippen LogP contribution in [0.5, 0.6) is 0 Å². The van der Waals surface area contributed by atoms with E-state index in [0.717, 1.165) is 22.5 Å². The number of nitrogens with one attached hydrogen (secondary N) is 1. The molecule has 0 aliphatic rings. The summed E-state index contributed by atoms with van der Waals surface area (Å²) in [5.41, 5.74) is 0. The lowest BCUT2D eigenvalue weighted by molar-refractivity contribution is 1.05. The van der Waals surface area contributed by atoms with Crippen molar-refractivity contribution >= 4 is 28.2 Å². The minimum atomic E-state index is 0.903. The van der Waals surface area contributed by atoms with Crippen molar-refractivity contribution in [1.29, 1.82) is 0 Å². The van der Waals surface area contributed by atoms with Crippen LogP contribution in [0.4, 0.5) is 5.13 Å². The largest absolute Gasteiger partial charge is 0.362 e. The van der Waals surface area contributed by atoms with E-state index in [1.54, 1.807) is 35.6 Å². The minimum absolute atomic E-state index is 0.903. The van der Waals surface area contributed by atoms with E-state index in [4.69, 9.17) is 0 Å². The van der Waals surface area contributed by atoms with Crippen LogP contribution in [0.1, 0.15) is 11.8 Å². The molecular weight excluding hydrogens is 240 g/mol. The Morgan fingerprint density at radius 2 is 2.38 bits per heavy atom. The Hall–Kier alpha value is -1.14. The van der Waals surface area contributed by atoms with Gasteiger partial charge in [-0.2, -0.15) is 0 Å². The van der Waals surface area contributed by atoms with Gasteiger partial charge in [-0.25, -0.2) is 15.0 Å². The standard InChI is InChI=1S/C10H12N4S2/c1-2-12-10-13-5-8(16-10)6-15-9-3-4-11-7-14-9/h3-5,7H,2,6H2,1H3,(H,12,13). The molecule has 0 saturated carbocycles. The third kappa shape index (κ3) is 3.18. The van der Waals surface area contributed by atoms with E-state index in [2.05, 4.69) is 27.2 Å². The van der Waals surface area contributed by atoms with Crippen molar-refractivity contribution in [1.82, 2.24) is 15.0 Å². The summed E-state index contributed by atoms with van der Waals surface area (Å²) < 4.78 is 0. The lowest BCUT2D eigenvalue weighted by Crippen LogP contribution is -1.94. The van der Waals surface area contributed by atoms with Gasteiger partial charge < -0.3 is 5.32 Å². The van der Waals surface area contributed by atoms with Crippen LogP contribution in [-0.4, -0.2) is 21.5 Å². The Morgan fingerprint density at radius 3 is 3.12 bits per heavy atom. The third-order valence-corrected chi connectivity index (χ3v) is 3.93. The first-order valence-electron chi connectivity index (χ1n) is 4.96. The number of hydrogen-bond donors (Lipinski definition) is 1. The predicted octanol–water partition coefficient (Wildman–Crippen LogP) is 2.66. The van der Waals surface area contributed by atoms with Gasteiger partial charge in [0.05, 0.1) is 5.03 Å². The molecule has 0 unspecified atom stereocenters. The molecule has 1 N–H and O–H groups in total. The number of thiazole rings is 1. The summed E-state index contributed by atoms with van der Waals surface area (Å²) in [5, 5.41) is 5.18. The summed E-state index contributed by atoms with van der Waals surface area (Å²) in [6, 6.07) is 1.91. The van der Waals surface area contributed by atoms with Crippen molar-refractivity contribution in [3.05, 3.63) is 29.7 Å². The quantitative estimate of drug-likeness (QED) is 0.655. The highest BCUT2D eigenvalue weighted by Gasteiger charge is 2.02. The maximum Gasteiger partial charge on any atom is 0.182 e. The summed E-state index contributed by atoms with van der Waals surface area (Å²) in [5.74, 6) is 0.903. The molecule has 16 heavy (non-hydrogen) atoms. The second-order valence-electron chi connectivity index (χ2n) is 3.00. The first kappa shape index (κ1) is 11.3. The van der Waals surface area contributed by atoms with Gasteiger partial charge >= 0.3 is 0 Å². The van der Waals surface area contributed by atoms with Gasteiger partial charge in [-0.1, -0.05) is 0 Å². The van der Waals surface area contributed by atoms with Crippen molar-refractivity contribution in [3.8, 4) is 0 Å². The third-order valence-electron chi connectivity index (χ3n) is 1.80. The molecule has 2 aromatic heterocycles. The average molecular weight is 252 g/mol. The monoisotopic (exact) mass is 252 g/mol. The Kier molecular flexibility index (Phi) is 4.12. The highest BCUT2D eigenvalue weighted by atomic mass is 32.2. The van der Waals surface area contributed by atoms with Gasteiger partial charge in [-0.15, -0.1) is 23.1 Å². The van der Waals surface area contributed by atoms with Gasteiger partial charge in [-0.3, -0.25) is 0 Å². The van der Waals surface area contributed by atoms with Crippen LogP contribution in [0.15, 0.2) is 29.8 Å². The van der Waals surface area contributed by atoms with Gasteiger partial charge in [-0.05, 0) is 13.0 Å². The smallest absolute Gasteiger partial charge is 0.182 e. The first-order chi connectivity index (χ1) is 7.88. The molecule has 2 rings (SSSR count). The maximum atomic E-state index is 4.28. The molecule has 2 aromatic rings.